The Morgan fingerprint density at radius 2 is 2.25 bits per heavy atom. The molecular weight excluding hydrogens is 154 g/mol. The van der Waals surface area contributed by atoms with Crippen molar-refractivity contribution in [3.05, 3.63) is 30.7 Å². The molecule has 0 unspecified atom stereocenters. The summed E-state index contributed by atoms with van der Waals surface area (Å²) in [6, 6.07) is 3.68. The van der Waals surface area contributed by atoms with Crippen LogP contribution in [0.4, 0.5) is 0 Å². The molecule has 0 aliphatic carbocycles. The first-order chi connectivity index (χ1) is 5.86. The van der Waals surface area contributed by atoms with Crippen molar-refractivity contribution in [3.8, 4) is 17.3 Å². The number of aromatic hydroxyl groups is 1. The van der Waals surface area contributed by atoms with Gasteiger partial charge in [0.25, 0.3) is 0 Å². The van der Waals surface area contributed by atoms with Crippen molar-refractivity contribution in [2.45, 2.75) is 0 Å². The summed E-state index contributed by atoms with van der Waals surface area (Å²) in [5.41, 5.74) is 0.859. The number of hydrogen-bond acceptors (Lipinski definition) is 3. The highest BCUT2D eigenvalue weighted by Gasteiger charge is 2.00. The Bertz CT molecular complexity index is 369. The number of rotatable bonds is 1. The zero-order chi connectivity index (χ0) is 8.39. The summed E-state index contributed by atoms with van der Waals surface area (Å²) in [5.74, 6) is 0.689. The predicted molar refractivity (Wildman–Crippen MR) is 43.5 cm³/mol. The van der Waals surface area contributed by atoms with Crippen LogP contribution in [-0.2, 0) is 0 Å². The van der Waals surface area contributed by atoms with Gasteiger partial charge in [0, 0.05) is 18.0 Å². The number of hydrogen-bond donors (Lipinski definition) is 2. The van der Waals surface area contributed by atoms with E-state index in [1.165, 1.54) is 6.20 Å². The molecule has 0 atom stereocenters. The zero-order valence-corrected chi connectivity index (χ0v) is 6.23. The van der Waals surface area contributed by atoms with Gasteiger partial charge >= 0.3 is 0 Å². The minimum absolute atomic E-state index is 0.0638. The molecule has 2 N–H and O–H groups in total. The van der Waals surface area contributed by atoms with Crippen LogP contribution in [0.25, 0.3) is 11.4 Å². The Labute approximate surface area is 68.9 Å². The average molecular weight is 161 g/mol. The summed E-state index contributed by atoms with van der Waals surface area (Å²) in [7, 11) is 0. The number of imidazole rings is 1. The standard InChI is InChI=1S/C8H7N3O/c12-7-5-10-8(11-7)6-2-1-3-9-4-6/h1-5,12H,(H,10,11). The van der Waals surface area contributed by atoms with Crippen molar-refractivity contribution >= 4 is 0 Å². The molecule has 0 bridgehead atoms. The van der Waals surface area contributed by atoms with Crippen LogP contribution < -0.4 is 0 Å². The molecule has 0 aliphatic rings. The molecule has 0 spiro atoms. The SMILES string of the molecule is Oc1cnc(-c2cccnc2)[nH]1. The molecule has 0 amide bonds. The largest absolute Gasteiger partial charge is 0.493 e. The summed E-state index contributed by atoms with van der Waals surface area (Å²) in [6.45, 7) is 0. The fourth-order valence-corrected chi connectivity index (χ4v) is 0.961. The van der Waals surface area contributed by atoms with Gasteiger partial charge in [-0.15, -0.1) is 0 Å². The Hall–Kier alpha value is -1.84. The highest BCUT2D eigenvalue weighted by atomic mass is 16.3. The van der Waals surface area contributed by atoms with E-state index in [1.54, 1.807) is 12.4 Å². The molecule has 0 radical (unpaired) electrons. The van der Waals surface area contributed by atoms with Gasteiger partial charge in [0.05, 0.1) is 6.20 Å². The van der Waals surface area contributed by atoms with Gasteiger partial charge in [0.15, 0.2) is 0 Å². The lowest BCUT2D eigenvalue weighted by atomic mass is 10.3. The van der Waals surface area contributed by atoms with Gasteiger partial charge in [-0.3, -0.25) is 4.98 Å². The van der Waals surface area contributed by atoms with E-state index < -0.39 is 0 Å². The molecule has 2 rings (SSSR count). The first-order valence-electron chi connectivity index (χ1n) is 3.50. The molecule has 12 heavy (non-hydrogen) atoms. The molecule has 0 aliphatic heterocycles. The number of nitrogens with zero attached hydrogens (tertiary/aromatic N) is 2. The van der Waals surface area contributed by atoms with Crippen LogP contribution in [0.3, 0.4) is 0 Å². The summed E-state index contributed by atoms with van der Waals surface area (Å²) < 4.78 is 0. The molecule has 60 valence electrons. The fourth-order valence-electron chi connectivity index (χ4n) is 0.961. The number of nitrogens with one attached hydrogen (secondary N) is 1. The predicted octanol–water partition coefficient (Wildman–Crippen LogP) is 1.18. The van der Waals surface area contributed by atoms with Crippen molar-refractivity contribution in [1.82, 2.24) is 15.0 Å². The molecule has 0 fully saturated rings. The molecule has 4 nitrogen and oxygen atoms in total. The first-order valence-corrected chi connectivity index (χ1v) is 3.50. The number of pyridine rings is 1. The van der Waals surface area contributed by atoms with Crippen molar-refractivity contribution in [1.29, 1.82) is 0 Å². The third-order valence-electron chi connectivity index (χ3n) is 1.50. The lowest BCUT2D eigenvalue weighted by Crippen LogP contribution is -1.80. The zero-order valence-electron chi connectivity index (χ0n) is 6.23. The molecule has 2 aromatic rings. The van der Waals surface area contributed by atoms with E-state index in [0.29, 0.717) is 5.82 Å². The minimum atomic E-state index is 0.0638. The third kappa shape index (κ3) is 1.14. The van der Waals surface area contributed by atoms with Crippen LogP contribution in [0, 0.1) is 0 Å². The third-order valence-corrected chi connectivity index (χ3v) is 1.50. The topological polar surface area (TPSA) is 61.8 Å². The maximum absolute atomic E-state index is 8.98. The van der Waals surface area contributed by atoms with Gasteiger partial charge in [0.1, 0.15) is 5.82 Å². The van der Waals surface area contributed by atoms with E-state index in [4.69, 9.17) is 5.11 Å². The van der Waals surface area contributed by atoms with Gasteiger partial charge in [-0.1, -0.05) is 0 Å². The summed E-state index contributed by atoms with van der Waals surface area (Å²) >= 11 is 0. The second-order valence-electron chi connectivity index (χ2n) is 2.36. The molecule has 4 heteroatoms. The summed E-state index contributed by atoms with van der Waals surface area (Å²) in [6.07, 6.45) is 4.73. The Kier molecular flexibility index (Phi) is 1.51. The Morgan fingerprint density at radius 3 is 2.83 bits per heavy atom. The maximum Gasteiger partial charge on any atom is 0.208 e. The highest BCUT2D eigenvalue weighted by molar-refractivity contribution is 5.53. The van der Waals surface area contributed by atoms with Gasteiger partial charge in [-0.2, -0.15) is 0 Å². The normalized spacial score (nSPS) is 10.0. The lowest BCUT2D eigenvalue weighted by molar-refractivity contribution is 0.457. The number of H-pyrrole nitrogens is 1. The van der Waals surface area contributed by atoms with E-state index in [0.717, 1.165) is 5.56 Å². The van der Waals surface area contributed by atoms with Gasteiger partial charge in [0.2, 0.25) is 5.88 Å². The quantitative estimate of drug-likeness (QED) is 0.660. The van der Waals surface area contributed by atoms with Crippen LogP contribution in [0.2, 0.25) is 0 Å². The van der Waals surface area contributed by atoms with Crippen LogP contribution in [-0.4, -0.2) is 20.1 Å². The smallest absolute Gasteiger partial charge is 0.208 e. The summed E-state index contributed by atoms with van der Waals surface area (Å²) in [4.78, 5) is 10.6. The van der Waals surface area contributed by atoms with Gasteiger partial charge in [-0.05, 0) is 12.1 Å². The molecule has 2 aromatic heterocycles. The van der Waals surface area contributed by atoms with Gasteiger partial charge < -0.3 is 10.1 Å². The second kappa shape index (κ2) is 2.65. The van der Waals surface area contributed by atoms with Crippen LogP contribution in [0.1, 0.15) is 0 Å². The lowest BCUT2D eigenvalue weighted by Gasteiger charge is -1.92. The van der Waals surface area contributed by atoms with E-state index in [2.05, 4.69) is 15.0 Å². The van der Waals surface area contributed by atoms with Crippen molar-refractivity contribution < 1.29 is 5.11 Å². The molecule has 2 heterocycles. The Balaban J connectivity index is 2.45. The van der Waals surface area contributed by atoms with Crippen molar-refractivity contribution in [2.24, 2.45) is 0 Å². The molecule has 0 saturated heterocycles. The fraction of sp³-hybridized carbons (Fsp3) is 0. The number of aromatic amines is 1. The van der Waals surface area contributed by atoms with Crippen LogP contribution in [0.5, 0.6) is 5.88 Å². The molecular formula is C8H7N3O. The van der Waals surface area contributed by atoms with Crippen molar-refractivity contribution in [2.75, 3.05) is 0 Å². The monoisotopic (exact) mass is 161 g/mol. The maximum atomic E-state index is 8.98. The van der Waals surface area contributed by atoms with E-state index >= 15 is 0 Å². The van der Waals surface area contributed by atoms with Crippen LogP contribution >= 0.6 is 0 Å². The van der Waals surface area contributed by atoms with Gasteiger partial charge in [-0.25, -0.2) is 4.98 Å². The average Bonchev–Trinajstić information content (AvgIpc) is 2.54. The second-order valence-corrected chi connectivity index (χ2v) is 2.36. The van der Waals surface area contributed by atoms with Crippen LogP contribution in [0.15, 0.2) is 30.7 Å². The molecule has 0 saturated carbocycles. The molecule has 0 aromatic carbocycles. The minimum Gasteiger partial charge on any atom is -0.493 e. The Morgan fingerprint density at radius 1 is 1.33 bits per heavy atom. The van der Waals surface area contributed by atoms with E-state index in [-0.39, 0.29) is 5.88 Å². The van der Waals surface area contributed by atoms with Crippen molar-refractivity contribution in [3.63, 3.8) is 0 Å². The number of aromatic nitrogens is 3. The van der Waals surface area contributed by atoms with E-state index in [1.807, 2.05) is 12.1 Å². The summed E-state index contributed by atoms with van der Waals surface area (Å²) in [5, 5.41) is 8.98. The van der Waals surface area contributed by atoms with E-state index in [9.17, 15) is 0 Å². The first kappa shape index (κ1) is 6.84. The highest BCUT2D eigenvalue weighted by Crippen LogP contribution is 2.15.